The molecule has 0 saturated carbocycles. The van der Waals surface area contributed by atoms with Crippen LogP contribution in [0.2, 0.25) is 0 Å². The molecule has 2 N–H and O–H groups in total. The molecule has 0 saturated heterocycles. The van der Waals surface area contributed by atoms with Gasteiger partial charge in [-0.05, 0) is 42.7 Å². The Labute approximate surface area is 152 Å². The number of fused-ring (bicyclic) bond motifs is 2. The normalized spacial score (nSPS) is 14.6. The zero-order chi connectivity index (χ0) is 18.3. The smallest absolute Gasteiger partial charge is 0.268 e. The number of carbonyl (C=O) groups is 2. The first kappa shape index (κ1) is 16.4. The molecular formula is C21H21N3O2. The molecule has 2 aromatic carbocycles. The minimum atomic E-state index is -0.122. The Bertz CT molecular complexity index is 1020. The van der Waals surface area contributed by atoms with E-state index in [1.165, 1.54) is 0 Å². The van der Waals surface area contributed by atoms with Crippen molar-refractivity contribution in [3.63, 3.8) is 0 Å². The fourth-order valence-electron chi connectivity index (χ4n) is 3.53. The molecule has 2 amide bonds. The first-order chi connectivity index (χ1) is 12.5. The monoisotopic (exact) mass is 347 g/mol. The number of amides is 2. The van der Waals surface area contributed by atoms with Crippen molar-refractivity contribution in [1.29, 1.82) is 0 Å². The number of benzene rings is 2. The van der Waals surface area contributed by atoms with Gasteiger partial charge in [0, 0.05) is 30.1 Å². The summed E-state index contributed by atoms with van der Waals surface area (Å²) in [4.78, 5) is 24.2. The molecule has 1 atom stereocenters. The van der Waals surface area contributed by atoms with E-state index < -0.39 is 0 Å². The second-order valence-electron chi connectivity index (χ2n) is 6.81. The van der Waals surface area contributed by atoms with Gasteiger partial charge in [0.2, 0.25) is 5.91 Å². The van der Waals surface area contributed by atoms with Crippen LogP contribution in [0.25, 0.3) is 10.9 Å². The minimum Gasteiger partial charge on any atom is -0.344 e. The number of nitrogens with zero attached hydrogens (tertiary/aromatic N) is 1. The van der Waals surface area contributed by atoms with Crippen molar-refractivity contribution in [3.8, 4) is 0 Å². The molecule has 1 aromatic heterocycles. The second-order valence-corrected chi connectivity index (χ2v) is 6.81. The van der Waals surface area contributed by atoms with Crippen LogP contribution < -0.4 is 10.6 Å². The average Bonchev–Trinajstić information content (AvgIpc) is 2.98. The van der Waals surface area contributed by atoms with E-state index in [1.807, 2.05) is 61.0 Å². The third kappa shape index (κ3) is 2.86. The van der Waals surface area contributed by atoms with Gasteiger partial charge in [-0.2, -0.15) is 0 Å². The van der Waals surface area contributed by atoms with Gasteiger partial charge in [0.15, 0.2) is 0 Å². The lowest BCUT2D eigenvalue weighted by Gasteiger charge is -2.20. The summed E-state index contributed by atoms with van der Waals surface area (Å²) >= 11 is 0. The van der Waals surface area contributed by atoms with Gasteiger partial charge in [0.25, 0.3) is 5.91 Å². The molecule has 0 aliphatic carbocycles. The Balaban J connectivity index is 1.55. The van der Waals surface area contributed by atoms with Gasteiger partial charge in [-0.25, -0.2) is 0 Å². The van der Waals surface area contributed by atoms with Crippen LogP contribution in [0.1, 0.15) is 41.0 Å². The fraction of sp³-hybridized carbons (Fsp3) is 0.238. The number of anilines is 1. The van der Waals surface area contributed by atoms with Crippen LogP contribution >= 0.6 is 0 Å². The summed E-state index contributed by atoms with van der Waals surface area (Å²) in [6.45, 7) is 1.98. The maximum atomic E-state index is 12.8. The molecule has 1 aliphatic rings. The van der Waals surface area contributed by atoms with Crippen LogP contribution in [0.5, 0.6) is 0 Å². The van der Waals surface area contributed by atoms with E-state index in [-0.39, 0.29) is 17.9 Å². The van der Waals surface area contributed by atoms with Crippen LogP contribution in [0.15, 0.2) is 48.5 Å². The number of carbonyl (C=O) groups excluding carboxylic acids is 2. The highest BCUT2D eigenvalue weighted by Gasteiger charge is 2.19. The SMILES string of the molecule is CC(NC(=O)c1cc2ccccc2n1C)c1ccc2c(c1)CCC(=O)N2. The Hall–Kier alpha value is -3.08. The number of nitrogens with one attached hydrogen (secondary N) is 2. The quantitative estimate of drug-likeness (QED) is 0.761. The Morgan fingerprint density at radius 1 is 1.15 bits per heavy atom. The number of hydrogen-bond acceptors (Lipinski definition) is 2. The lowest BCUT2D eigenvalue weighted by molar-refractivity contribution is -0.116. The van der Waals surface area contributed by atoms with Crippen LogP contribution in [0.4, 0.5) is 5.69 Å². The van der Waals surface area contributed by atoms with E-state index in [9.17, 15) is 9.59 Å². The van der Waals surface area contributed by atoms with E-state index in [0.29, 0.717) is 12.1 Å². The number of aromatic nitrogens is 1. The van der Waals surface area contributed by atoms with Crippen molar-refractivity contribution < 1.29 is 9.59 Å². The van der Waals surface area contributed by atoms with Crippen LogP contribution in [0.3, 0.4) is 0 Å². The van der Waals surface area contributed by atoms with E-state index in [4.69, 9.17) is 0 Å². The molecular weight excluding hydrogens is 326 g/mol. The average molecular weight is 347 g/mol. The Morgan fingerprint density at radius 2 is 1.96 bits per heavy atom. The predicted molar refractivity (Wildman–Crippen MR) is 102 cm³/mol. The molecule has 4 rings (SSSR count). The molecule has 0 spiro atoms. The summed E-state index contributed by atoms with van der Waals surface area (Å²) in [6, 6.07) is 15.7. The summed E-state index contributed by atoms with van der Waals surface area (Å²) in [5, 5.41) is 7.02. The predicted octanol–water partition coefficient (Wildman–Crippen LogP) is 3.55. The first-order valence-electron chi connectivity index (χ1n) is 8.81. The first-order valence-corrected chi connectivity index (χ1v) is 8.81. The Kier molecular flexibility index (Phi) is 3.99. The number of hydrogen-bond donors (Lipinski definition) is 2. The minimum absolute atomic E-state index is 0.0578. The zero-order valence-corrected chi connectivity index (χ0v) is 14.9. The summed E-state index contributed by atoms with van der Waals surface area (Å²) in [7, 11) is 1.91. The molecule has 5 heteroatoms. The number of aryl methyl sites for hydroxylation is 2. The van der Waals surface area contributed by atoms with Crippen molar-refractivity contribution >= 4 is 28.4 Å². The molecule has 0 radical (unpaired) electrons. The van der Waals surface area contributed by atoms with Crippen molar-refractivity contribution in [2.45, 2.75) is 25.8 Å². The largest absolute Gasteiger partial charge is 0.344 e. The van der Waals surface area contributed by atoms with Gasteiger partial charge in [-0.3, -0.25) is 9.59 Å². The summed E-state index contributed by atoms with van der Waals surface area (Å²) in [5.74, 6) is -0.0374. The highest BCUT2D eigenvalue weighted by atomic mass is 16.2. The summed E-state index contributed by atoms with van der Waals surface area (Å²) in [5.41, 5.74) is 4.70. The number of rotatable bonds is 3. The molecule has 132 valence electrons. The van der Waals surface area contributed by atoms with Crippen molar-refractivity contribution in [2.75, 3.05) is 5.32 Å². The Morgan fingerprint density at radius 3 is 2.77 bits per heavy atom. The zero-order valence-electron chi connectivity index (χ0n) is 14.9. The van der Waals surface area contributed by atoms with Crippen LogP contribution in [0, 0.1) is 0 Å². The van der Waals surface area contributed by atoms with Gasteiger partial charge in [0.05, 0.1) is 6.04 Å². The van der Waals surface area contributed by atoms with Gasteiger partial charge in [0.1, 0.15) is 5.69 Å². The highest BCUT2D eigenvalue weighted by Crippen LogP contribution is 2.26. The van der Waals surface area contributed by atoms with E-state index >= 15 is 0 Å². The lowest BCUT2D eigenvalue weighted by Crippen LogP contribution is -2.28. The number of para-hydroxylation sites is 1. The van der Waals surface area contributed by atoms with Gasteiger partial charge >= 0.3 is 0 Å². The van der Waals surface area contributed by atoms with Crippen molar-refractivity contribution in [3.05, 3.63) is 65.4 Å². The van der Waals surface area contributed by atoms with Crippen LogP contribution in [-0.4, -0.2) is 16.4 Å². The standard InChI is InChI=1S/C21H21N3O2/c1-13(14-7-9-17-15(11-14)8-10-20(25)23-17)22-21(26)19-12-16-5-3-4-6-18(16)24(19)2/h3-7,9,11-13H,8,10H2,1-2H3,(H,22,26)(H,23,25). The van der Waals surface area contributed by atoms with Crippen molar-refractivity contribution in [2.24, 2.45) is 7.05 Å². The third-order valence-corrected chi connectivity index (χ3v) is 5.06. The van der Waals surface area contributed by atoms with Gasteiger partial charge in [-0.15, -0.1) is 0 Å². The molecule has 1 unspecified atom stereocenters. The molecule has 0 bridgehead atoms. The highest BCUT2D eigenvalue weighted by molar-refractivity contribution is 5.99. The lowest BCUT2D eigenvalue weighted by atomic mass is 9.98. The topological polar surface area (TPSA) is 63.1 Å². The maximum absolute atomic E-state index is 12.8. The van der Waals surface area contributed by atoms with Gasteiger partial charge < -0.3 is 15.2 Å². The van der Waals surface area contributed by atoms with E-state index in [1.54, 1.807) is 0 Å². The second kappa shape index (κ2) is 6.33. The van der Waals surface area contributed by atoms with Crippen LogP contribution in [-0.2, 0) is 18.3 Å². The molecule has 26 heavy (non-hydrogen) atoms. The molecule has 2 heterocycles. The fourth-order valence-corrected chi connectivity index (χ4v) is 3.53. The molecule has 1 aliphatic heterocycles. The van der Waals surface area contributed by atoms with E-state index in [2.05, 4.69) is 16.7 Å². The summed E-state index contributed by atoms with van der Waals surface area (Å²) < 4.78 is 1.92. The maximum Gasteiger partial charge on any atom is 0.268 e. The van der Waals surface area contributed by atoms with Crippen molar-refractivity contribution in [1.82, 2.24) is 9.88 Å². The molecule has 5 nitrogen and oxygen atoms in total. The summed E-state index contributed by atoms with van der Waals surface area (Å²) in [6.07, 6.45) is 1.24. The molecule has 3 aromatic rings. The van der Waals surface area contributed by atoms with Gasteiger partial charge in [-0.1, -0.05) is 30.3 Å². The third-order valence-electron chi connectivity index (χ3n) is 5.06. The van der Waals surface area contributed by atoms with E-state index in [0.717, 1.165) is 34.1 Å². The molecule has 0 fully saturated rings.